The molecule has 5 rings (SSSR count). The predicted molar refractivity (Wildman–Crippen MR) is 118 cm³/mol. The van der Waals surface area contributed by atoms with Gasteiger partial charge in [0.25, 0.3) is 0 Å². The lowest BCUT2D eigenvalue weighted by atomic mass is 9.69. The summed E-state index contributed by atoms with van der Waals surface area (Å²) >= 11 is 0. The van der Waals surface area contributed by atoms with Crippen molar-refractivity contribution in [1.29, 1.82) is 0 Å². The zero-order valence-electron chi connectivity index (χ0n) is 18.0. The van der Waals surface area contributed by atoms with E-state index in [0.29, 0.717) is 5.92 Å². The molecule has 0 radical (unpaired) electrons. The van der Waals surface area contributed by atoms with E-state index in [1.807, 2.05) is 0 Å². The number of rotatable bonds is 4. The molecular weight excluding hydrogens is 398 g/mol. The lowest BCUT2D eigenvalue weighted by Crippen LogP contribution is -2.51. The number of hydrogen-bond donors (Lipinski definition) is 3. The van der Waals surface area contributed by atoms with Crippen molar-refractivity contribution in [1.82, 2.24) is 4.72 Å². The van der Waals surface area contributed by atoms with E-state index in [1.54, 1.807) is 0 Å². The van der Waals surface area contributed by atoms with Crippen LogP contribution in [0.2, 0.25) is 0 Å². The van der Waals surface area contributed by atoms with Crippen LogP contribution in [0.4, 0.5) is 10.5 Å². The van der Waals surface area contributed by atoms with Gasteiger partial charge < -0.3 is 11.1 Å². The highest BCUT2D eigenvalue weighted by Crippen LogP contribution is 2.65. The van der Waals surface area contributed by atoms with E-state index in [2.05, 4.69) is 30.0 Å². The molecule has 164 valence electrons. The largest absolute Gasteiger partial charge is 0.332 e. The molecule has 7 heteroatoms. The monoisotopic (exact) mass is 431 g/mol. The summed E-state index contributed by atoms with van der Waals surface area (Å²) in [5.74, 6) is 0.384. The Morgan fingerprint density at radius 3 is 2.30 bits per heavy atom. The van der Waals surface area contributed by atoms with Crippen molar-refractivity contribution in [3.8, 4) is 0 Å². The van der Waals surface area contributed by atoms with Gasteiger partial charge in [-0.1, -0.05) is 19.9 Å². The summed E-state index contributed by atoms with van der Waals surface area (Å²) in [6.45, 7) is 4.29. The fourth-order valence-electron chi connectivity index (χ4n) is 7.12. The number of urea groups is 1. The van der Waals surface area contributed by atoms with Crippen molar-refractivity contribution in [2.24, 2.45) is 22.5 Å². The Morgan fingerprint density at radius 1 is 1.13 bits per heavy atom. The van der Waals surface area contributed by atoms with Crippen molar-refractivity contribution in [2.45, 2.75) is 77.7 Å². The van der Waals surface area contributed by atoms with Crippen LogP contribution in [0.3, 0.4) is 0 Å². The number of carbonyl (C=O) groups is 1. The number of sulfonamides is 1. The smallest absolute Gasteiger partial charge is 0.327 e. The van der Waals surface area contributed by atoms with Gasteiger partial charge in [-0.15, -0.1) is 0 Å². The molecule has 4 aliphatic rings. The third-order valence-electron chi connectivity index (χ3n) is 8.90. The van der Waals surface area contributed by atoms with Crippen LogP contribution < -0.4 is 15.8 Å². The van der Waals surface area contributed by atoms with Crippen LogP contribution in [0, 0.1) is 16.7 Å². The van der Waals surface area contributed by atoms with Crippen LogP contribution in [0.5, 0.6) is 0 Å². The van der Waals surface area contributed by atoms with Gasteiger partial charge in [-0.05, 0) is 91.4 Å². The summed E-state index contributed by atoms with van der Waals surface area (Å²) in [6.07, 6.45) is 8.83. The quantitative estimate of drug-likeness (QED) is 0.681. The van der Waals surface area contributed by atoms with E-state index in [9.17, 15) is 13.2 Å². The molecule has 4 N–H and O–H groups in total. The molecule has 1 aromatic carbocycles. The van der Waals surface area contributed by atoms with E-state index in [4.69, 9.17) is 5.73 Å². The first-order valence-electron chi connectivity index (χ1n) is 11.4. The van der Waals surface area contributed by atoms with Crippen LogP contribution in [0.25, 0.3) is 0 Å². The average Bonchev–Trinajstić information content (AvgIpc) is 3.38. The fraction of sp³-hybridized carbons (Fsp3) is 0.696. The van der Waals surface area contributed by atoms with Crippen LogP contribution in [0.1, 0.15) is 68.2 Å². The summed E-state index contributed by atoms with van der Waals surface area (Å²) in [4.78, 5) is 12.8. The van der Waals surface area contributed by atoms with E-state index >= 15 is 0 Å². The van der Waals surface area contributed by atoms with Gasteiger partial charge in [0.05, 0.1) is 5.75 Å². The second-order valence-corrected chi connectivity index (χ2v) is 12.2. The summed E-state index contributed by atoms with van der Waals surface area (Å²) in [6, 6.07) is 1.52. The minimum absolute atomic E-state index is 0.0803. The van der Waals surface area contributed by atoms with E-state index in [1.165, 1.54) is 22.3 Å². The highest BCUT2D eigenvalue weighted by molar-refractivity contribution is 7.90. The molecule has 0 aliphatic heterocycles. The molecule has 0 spiro atoms. The number of benzene rings is 1. The summed E-state index contributed by atoms with van der Waals surface area (Å²) in [7, 11) is -3.80. The summed E-state index contributed by atoms with van der Waals surface area (Å²) in [5.41, 5.74) is 11.7. The molecule has 2 fully saturated rings. The Morgan fingerprint density at radius 2 is 1.77 bits per heavy atom. The molecule has 2 bridgehead atoms. The molecule has 2 saturated carbocycles. The predicted octanol–water partition coefficient (Wildman–Crippen LogP) is 3.27. The van der Waals surface area contributed by atoms with Crippen molar-refractivity contribution in [2.75, 3.05) is 11.1 Å². The maximum Gasteiger partial charge on any atom is 0.332 e. The third-order valence-corrected chi connectivity index (χ3v) is 10.3. The van der Waals surface area contributed by atoms with Crippen LogP contribution in [-0.4, -0.2) is 26.2 Å². The molecule has 2 unspecified atom stereocenters. The van der Waals surface area contributed by atoms with Gasteiger partial charge in [0.15, 0.2) is 0 Å². The molecule has 0 heterocycles. The van der Waals surface area contributed by atoms with Crippen molar-refractivity contribution in [3.63, 3.8) is 0 Å². The van der Waals surface area contributed by atoms with Crippen molar-refractivity contribution >= 4 is 21.7 Å². The first kappa shape index (κ1) is 20.3. The number of anilines is 1. The molecule has 0 saturated heterocycles. The van der Waals surface area contributed by atoms with Crippen LogP contribution in [0.15, 0.2) is 6.07 Å². The summed E-state index contributed by atoms with van der Waals surface area (Å²) < 4.78 is 28.4. The molecule has 0 aromatic heterocycles. The normalized spacial score (nSPS) is 30.9. The van der Waals surface area contributed by atoms with E-state index < -0.39 is 21.5 Å². The minimum atomic E-state index is -3.80. The summed E-state index contributed by atoms with van der Waals surface area (Å²) in [5, 5.41) is 2.94. The Hall–Kier alpha value is -1.60. The molecule has 3 atom stereocenters. The van der Waals surface area contributed by atoms with Gasteiger partial charge in [0.1, 0.15) is 0 Å². The second kappa shape index (κ2) is 6.70. The number of fused-ring (bicyclic) bond motifs is 4. The Labute approximate surface area is 179 Å². The van der Waals surface area contributed by atoms with Crippen molar-refractivity contribution < 1.29 is 13.2 Å². The van der Waals surface area contributed by atoms with Gasteiger partial charge in [-0.2, -0.15) is 0 Å². The fourth-order valence-corrected chi connectivity index (χ4v) is 8.93. The van der Waals surface area contributed by atoms with Gasteiger partial charge in [-0.3, -0.25) is 0 Å². The molecule has 6 nitrogen and oxygen atoms in total. The Kier molecular flexibility index (Phi) is 4.53. The topological polar surface area (TPSA) is 101 Å². The lowest BCUT2D eigenvalue weighted by molar-refractivity contribution is 0.139. The zero-order valence-corrected chi connectivity index (χ0v) is 18.8. The number of nitrogens with one attached hydrogen (secondary N) is 2. The van der Waals surface area contributed by atoms with Crippen molar-refractivity contribution in [3.05, 3.63) is 28.3 Å². The van der Waals surface area contributed by atoms with E-state index in [-0.39, 0.29) is 17.2 Å². The van der Waals surface area contributed by atoms with Gasteiger partial charge in [-0.25, -0.2) is 17.9 Å². The Bertz CT molecular complexity index is 985. The van der Waals surface area contributed by atoms with Crippen LogP contribution >= 0.6 is 0 Å². The molecule has 1 aromatic rings. The van der Waals surface area contributed by atoms with Crippen LogP contribution in [-0.2, 0) is 35.7 Å². The maximum atomic E-state index is 13.0. The number of amides is 2. The molecule has 2 amide bonds. The zero-order chi connectivity index (χ0) is 21.3. The minimum Gasteiger partial charge on any atom is -0.327 e. The second-order valence-electron chi connectivity index (χ2n) is 10.5. The average molecular weight is 432 g/mol. The van der Waals surface area contributed by atoms with Gasteiger partial charge in [0, 0.05) is 17.1 Å². The standard InChI is InChI=1S/C23H33N3O3S/c1-22(2)16-9-10-23(22,19(24)12-16)13-30(28,29)26-21(27)25-20-17-7-3-5-14(17)11-15-6-4-8-18(15)20/h11,16,19H,3-10,12-13,24H2,1-2H3,(H2,25,26,27)/t16?,19?,23-/m1/s1. The van der Waals surface area contributed by atoms with Gasteiger partial charge in [0.2, 0.25) is 10.0 Å². The molecular formula is C23H33N3O3S. The molecule has 4 aliphatic carbocycles. The van der Waals surface area contributed by atoms with Gasteiger partial charge >= 0.3 is 6.03 Å². The number of nitrogens with two attached hydrogens (primary N) is 1. The molecule has 30 heavy (non-hydrogen) atoms. The number of carbonyl (C=O) groups excluding carboxylic acids is 1. The third kappa shape index (κ3) is 2.92. The SMILES string of the molecule is CC1(C)C2CC[C@@]1(CS(=O)(=O)NC(=O)Nc1c3c(cc4c1CCC4)CCC3)C(N)C2. The Balaban J connectivity index is 1.36. The number of hydrogen-bond acceptors (Lipinski definition) is 4. The first-order valence-corrected chi connectivity index (χ1v) is 13.0. The number of aryl methyl sites for hydroxylation is 2. The highest BCUT2D eigenvalue weighted by Gasteiger charge is 2.64. The first-order chi connectivity index (χ1) is 14.1. The van der Waals surface area contributed by atoms with E-state index in [0.717, 1.165) is 63.5 Å². The highest BCUT2D eigenvalue weighted by atomic mass is 32.2. The maximum absolute atomic E-state index is 13.0. The lowest BCUT2D eigenvalue weighted by Gasteiger charge is -2.40.